The number of furan rings is 1. The molecule has 8 heteroatoms. The molecule has 0 atom stereocenters. The number of piperazine rings is 1. The van der Waals surface area contributed by atoms with Crippen molar-refractivity contribution in [3.8, 4) is 17.0 Å². The van der Waals surface area contributed by atoms with Gasteiger partial charge >= 0.3 is 0 Å². The fourth-order valence-corrected chi connectivity index (χ4v) is 3.47. The number of amides is 1. The molecule has 0 N–H and O–H groups in total. The number of carbonyl (C=O) groups is 1. The molecular formula is C20H19BrN4O3. The van der Waals surface area contributed by atoms with E-state index in [1.807, 2.05) is 30.3 Å². The van der Waals surface area contributed by atoms with Crippen molar-refractivity contribution in [1.82, 2.24) is 14.9 Å². The first-order chi connectivity index (χ1) is 13.6. The van der Waals surface area contributed by atoms with Crippen molar-refractivity contribution in [2.45, 2.75) is 0 Å². The Morgan fingerprint density at radius 1 is 1.07 bits per heavy atom. The largest absolute Gasteiger partial charge is 0.497 e. The topological polar surface area (TPSA) is 71.7 Å². The van der Waals surface area contributed by atoms with E-state index in [4.69, 9.17) is 9.15 Å². The van der Waals surface area contributed by atoms with Gasteiger partial charge in [-0.05, 0) is 52.3 Å². The number of anilines is 1. The molecule has 1 aliphatic heterocycles. The molecule has 1 aliphatic rings. The van der Waals surface area contributed by atoms with Crippen LogP contribution in [0.25, 0.3) is 11.3 Å². The Balaban J connectivity index is 1.44. The molecule has 7 nitrogen and oxygen atoms in total. The molecule has 2 aromatic heterocycles. The molecule has 4 rings (SSSR count). The molecular weight excluding hydrogens is 424 g/mol. The van der Waals surface area contributed by atoms with E-state index in [-0.39, 0.29) is 5.91 Å². The lowest BCUT2D eigenvalue weighted by atomic mass is 10.1. The Hall–Kier alpha value is -2.87. The normalized spacial score (nSPS) is 14.2. The second kappa shape index (κ2) is 8.02. The minimum Gasteiger partial charge on any atom is -0.497 e. The average Bonchev–Trinajstić information content (AvgIpc) is 3.20. The second-order valence-corrected chi connectivity index (χ2v) is 7.15. The Bertz CT molecular complexity index is 966. The second-order valence-electron chi connectivity index (χ2n) is 6.37. The fraction of sp³-hybridized carbons (Fsp3) is 0.250. The molecule has 0 aliphatic carbocycles. The summed E-state index contributed by atoms with van der Waals surface area (Å²) in [5.41, 5.74) is 1.85. The lowest BCUT2D eigenvalue weighted by Gasteiger charge is -2.35. The standard InChI is InChI=1S/C20H19BrN4O3/c1-27-15-4-2-14(3-5-15)16-12-19(23-13-22-16)24-8-10-25(11-9-24)20(26)17-6-7-18(21)28-17/h2-7,12-13H,8-11H2,1H3. The van der Waals surface area contributed by atoms with Crippen molar-refractivity contribution in [3.05, 3.63) is 59.2 Å². The molecule has 1 aromatic carbocycles. The molecule has 1 amide bonds. The maximum atomic E-state index is 12.5. The van der Waals surface area contributed by atoms with E-state index < -0.39 is 0 Å². The molecule has 1 fully saturated rings. The summed E-state index contributed by atoms with van der Waals surface area (Å²) >= 11 is 3.23. The molecule has 3 aromatic rings. The molecule has 0 unspecified atom stereocenters. The number of halogens is 1. The SMILES string of the molecule is COc1ccc(-c2cc(N3CCN(C(=O)c4ccc(Br)o4)CC3)ncn2)cc1. The number of nitrogens with zero attached hydrogens (tertiary/aromatic N) is 4. The number of rotatable bonds is 4. The zero-order chi connectivity index (χ0) is 19.5. The minimum atomic E-state index is -0.0908. The summed E-state index contributed by atoms with van der Waals surface area (Å²) in [6.07, 6.45) is 1.58. The van der Waals surface area contributed by atoms with Gasteiger partial charge in [-0.1, -0.05) is 0 Å². The summed E-state index contributed by atoms with van der Waals surface area (Å²) in [6.45, 7) is 2.62. The molecule has 0 spiro atoms. The number of benzene rings is 1. The quantitative estimate of drug-likeness (QED) is 0.615. The van der Waals surface area contributed by atoms with Gasteiger partial charge in [0.2, 0.25) is 0 Å². The van der Waals surface area contributed by atoms with E-state index in [0.29, 0.717) is 36.6 Å². The van der Waals surface area contributed by atoms with Crippen LogP contribution in [0, 0.1) is 0 Å². The van der Waals surface area contributed by atoms with Crippen LogP contribution in [-0.4, -0.2) is 54.1 Å². The van der Waals surface area contributed by atoms with Crippen molar-refractivity contribution >= 4 is 27.7 Å². The summed E-state index contributed by atoms with van der Waals surface area (Å²) in [4.78, 5) is 25.3. The highest BCUT2D eigenvalue weighted by atomic mass is 79.9. The van der Waals surface area contributed by atoms with Crippen LogP contribution in [0.5, 0.6) is 5.75 Å². The Morgan fingerprint density at radius 2 is 1.82 bits per heavy atom. The highest BCUT2D eigenvalue weighted by Crippen LogP contribution is 2.24. The summed E-state index contributed by atoms with van der Waals surface area (Å²) in [7, 11) is 1.65. The van der Waals surface area contributed by atoms with Crippen LogP contribution in [0.3, 0.4) is 0 Å². The molecule has 0 radical (unpaired) electrons. The van der Waals surface area contributed by atoms with Crippen LogP contribution >= 0.6 is 15.9 Å². The molecule has 1 saturated heterocycles. The van der Waals surface area contributed by atoms with E-state index in [0.717, 1.165) is 22.8 Å². The van der Waals surface area contributed by atoms with Crippen molar-refractivity contribution in [2.24, 2.45) is 0 Å². The van der Waals surface area contributed by atoms with Crippen molar-refractivity contribution < 1.29 is 13.9 Å². The lowest BCUT2D eigenvalue weighted by molar-refractivity contribution is 0.0713. The van der Waals surface area contributed by atoms with Crippen molar-refractivity contribution in [2.75, 3.05) is 38.2 Å². The average molecular weight is 443 g/mol. The van der Waals surface area contributed by atoms with Crippen LogP contribution in [-0.2, 0) is 0 Å². The first kappa shape index (κ1) is 18.5. The van der Waals surface area contributed by atoms with Crippen LogP contribution in [0.2, 0.25) is 0 Å². The van der Waals surface area contributed by atoms with Gasteiger partial charge in [-0.2, -0.15) is 0 Å². The van der Waals surface area contributed by atoms with Gasteiger partial charge in [-0.25, -0.2) is 9.97 Å². The number of ether oxygens (including phenoxy) is 1. The first-order valence-corrected chi connectivity index (χ1v) is 9.69. The van der Waals surface area contributed by atoms with Crippen LogP contribution in [0.4, 0.5) is 5.82 Å². The van der Waals surface area contributed by atoms with Gasteiger partial charge in [0.25, 0.3) is 5.91 Å². The highest BCUT2D eigenvalue weighted by Gasteiger charge is 2.25. The number of hydrogen-bond acceptors (Lipinski definition) is 6. The number of methoxy groups -OCH3 is 1. The predicted octanol–water partition coefficient (Wildman–Crippen LogP) is 3.47. The third kappa shape index (κ3) is 3.87. The van der Waals surface area contributed by atoms with Gasteiger partial charge in [0, 0.05) is 37.8 Å². The molecule has 28 heavy (non-hydrogen) atoms. The molecule has 0 saturated carbocycles. The number of hydrogen-bond donors (Lipinski definition) is 0. The molecule has 3 heterocycles. The zero-order valence-corrected chi connectivity index (χ0v) is 16.9. The van der Waals surface area contributed by atoms with Crippen molar-refractivity contribution in [1.29, 1.82) is 0 Å². The molecule has 144 valence electrons. The zero-order valence-electron chi connectivity index (χ0n) is 15.3. The maximum absolute atomic E-state index is 12.5. The summed E-state index contributed by atoms with van der Waals surface area (Å²) < 4.78 is 11.1. The van der Waals surface area contributed by atoms with Crippen LogP contribution in [0.1, 0.15) is 10.6 Å². The van der Waals surface area contributed by atoms with E-state index in [9.17, 15) is 4.79 Å². The van der Waals surface area contributed by atoms with E-state index in [1.165, 1.54) is 0 Å². The van der Waals surface area contributed by atoms with E-state index >= 15 is 0 Å². The van der Waals surface area contributed by atoms with E-state index in [1.54, 1.807) is 30.5 Å². The summed E-state index contributed by atoms with van der Waals surface area (Å²) in [5, 5.41) is 0. The highest BCUT2D eigenvalue weighted by molar-refractivity contribution is 9.10. The maximum Gasteiger partial charge on any atom is 0.289 e. The number of aromatic nitrogens is 2. The Kier molecular flexibility index (Phi) is 5.29. The lowest BCUT2D eigenvalue weighted by Crippen LogP contribution is -2.49. The van der Waals surface area contributed by atoms with Gasteiger partial charge in [0.15, 0.2) is 10.4 Å². The fourth-order valence-electron chi connectivity index (χ4n) is 3.16. The minimum absolute atomic E-state index is 0.0908. The van der Waals surface area contributed by atoms with Gasteiger partial charge < -0.3 is 19.0 Å². The third-order valence-corrected chi connectivity index (χ3v) is 5.14. The summed E-state index contributed by atoms with van der Waals surface area (Å²) in [5.74, 6) is 1.92. The number of carbonyl (C=O) groups excluding carboxylic acids is 1. The Morgan fingerprint density at radius 3 is 2.46 bits per heavy atom. The first-order valence-electron chi connectivity index (χ1n) is 8.90. The molecule has 0 bridgehead atoms. The van der Waals surface area contributed by atoms with Gasteiger partial charge in [0.05, 0.1) is 12.8 Å². The van der Waals surface area contributed by atoms with E-state index in [2.05, 4.69) is 30.8 Å². The van der Waals surface area contributed by atoms with Gasteiger partial charge in [0.1, 0.15) is 17.9 Å². The van der Waals surface area contributed by atoms with Crippen LogP contribution < -0.4 is 9.64 Å². The van der Waals surface area contributed by atoms with Gasteiger partial charge in [-0.3, -0.25) is 4.79 Å². The monoisotopic (exact) mass is 442 g/mol. The smallest absolute Gasteiger partial charge is 0.289 e. The summed E-state index contributed by atoms with van der Waals surface area (Å²) in [6, 6.07) is 13.2. The van der Waals surface area contributed by atoms with Gasteiger partial charge in [-0.15, -0.1) is 0 Å². The van der Waals surface area contributed by atoms with Crippen molar-refractivity contribution in [3.63, 3.8) is 0 Å². The Labute approximate surface area is 171 Å². The third-order valence-electron chi connectivity index (χ3n) is 4.71. The predicted molar refractivity (Wildman–Crippen MR) is 109 cm³/mol. The van der Waals surface area contributed by atoms with Crippen LogP contribution in [0.15, 0.2) is 57.9 Å².